The molecule has 0 atom stereocenters. The topological polar surface area (TPSA) is 88.6 Å². The van der Waals surface area contributed by atoms with Gasteiger partial charge in [0.1, 0.15) is 0 Å². The summed E-state index contributed by atoms with van der Waals surface area (Å²) in [7, 11) is 1.32. The van der Waals surface area contributed by atoms with Gasteiger partial charge >= 0.3 is 5.97 Å². The van der Waals surface area contributed by atoms with E-state index in [4.69, 9.17) is 0 Å². The number of methoxy groups -OCH3 is 1. The van der Waals surface area contributed by atoms with Crippen LogP contribution in [0.2, 0.25) is 0 Å². The minimum Gasteiger partial charge on any atom is -0.469 e. The van der Waals surface area contributed by atoms with Crippen molar-refractivity contribution in [1.82, 2.24) is 15.2 Å². The van der Waals surface area contributed by atoms with E-state index < -0.39 is 0 Å². The first-order valence-corrected chi connectivity index (χ1v) is 9.08. The zero-order chi connectivity index (χ0) is 18.8. The first-order valence-electron chi connectivity index (χ1n) is 9.08. The zero-order valence-electron chi connectivity index (χ0n) is 15.3. The number of rotatable bonds is 8. The van der Waals surface area contributed by atoms with Gasteiger partial charge in [0.05, 0.1) is 13.5 Å². The molecule has 26 heavy (non-hydrogen) atoms. The number of likely N-dealkylation sites (tertiary alicyclic amines) is 1. The Morgan fingerprint density at radius 1 is 1.23 bits per heavy atom. The smallest absolute Gasteiger partial charge is 0.306 e. The molecule has 7 heteroatoms. The lowest BCUT2D eigenvalue weighted by atomic mass is 9.92. The van der Waals surface area contributed by atoms with Crippen LogP contribution in [0.5, 0.6) is 0 Å². The Hall–Kier alpha value is -2.44. The Balaban J connectivity index is 1.60. The molecule has 0 saturated carbocycles. The molecule has 7 nitrogen and oxygen atoms in total. The summed E-state index contributed by atoms with van der Waals surface area (Å²) >= 11 is 0. The number of nitrogens with zero attached hydrogens (tertiary/aromatic N) is 2. The highest BCUT2D eigenvalue weighted by Crippen LogP contribution is 2.22. The van der Waals surface area contributed by atoms with E-state index >= 15 is 0 Å². The molecule has 142 valence electrons. The molecule has 2 amide bonds. The van der Waals surface area contributed by atoms with Crippen molar-refractivity contribution in [3.8, 4) is 0 Å². The van der Waals surface area contributed by atoms with Gasteiger partial charge < -0.3 is 15.0 Å². The highest BCUT2D eigenvalue weighted by molar-refractivity contribution is 5.81. The highest BCUT2D eigenvalue weighted by atomic mass is 16.5. The minimum atomic E-state index is -0.356. The summed E-state index contributed by atoms with van der Waals surface area (Å²) in [6, 6.07) is 3.78. The average molecular weight is 361 g/mol. The van der Waals surface area contributed by atoms with E-state index in [1.54, 1.807) is 12.4 Å². The summed E-state index contributed by atoms with van der Waals surface area (Å²) in [5.41, 5.74) is 0.986. The summed E-state index contributed by atoms with van der Waals surface area (Å²) in [6.45, 7) is 1.89. The average Bonchev–Trinajstić information content (AvgIpc) is 2.69. The molecule has 1 aromatic rings. The number of hydrogen-bond donors (Lipinski definition) is 1. The number of ether oxygens (including phenoxy) is 1. The van der Waals surface area contributed by atoms with Crippen molar-refractivity contribution in [2.45, 2.75) is 45.1 Å². The molecule has 0 bridgehead atoms. The molecule has 2 heterocycles. The second kappa shape index (κ2) is 10.5. The first kappa shape index (κ1) is 19.9. The van der Waals surface area contributed by atoms with Crippen molar-refractivity contribution >= 4 is 17.8 Å². The third-order valence-corrected chi connectivity index (χ3v) is 4.73. The monoisotopic (exact) mass is 361 g/mol. The van der Waals surface area contributed by atoms with Crippen LogP contribution in [0.25, 0.3) is 0 Å². The SMILES string of the molecule is COC(=O)CCC(=O)N1CCC(CCC(=O)NCc2cccnc2)CC1. The molecule has 2 rings (SSSR count). The van der Waals surface area contributed by atoms with Gasteiger partial charge in [0.25, 0.3) is 0 Å². The van der Waals surface area contributed by atoms with Crippen LogP contribution in [0.1, 0.15) is 44.1 Å². The highest BCUT2D eigenvalue weighted by Gasteiger charge is 2.23. The van der Waals surface area contributed by atoms with Gasteiger partial charge in [0.2, 0.25) is 11.8 Å². The molecular formula is C19H27N3O4. The van der Waals surface area contributed by atoms with E-state index in [2.05, 4.69) is 15.0 Å². The Kier molecular flexibility index (Phi) is 8.05. The molecular weight excluding hydrogens is 334 g/mol. The minimum absolute atomic E-state index is 0.00284. The van der Waals surface area contributed by atoms with Gasteiger partial charge in [-0.15, -0.1) is 0 Å². The van der Waals surface area contributed by atoms with Gasteiger partial charge in [0.15, 0.2) is 0 Å². The van der Waals surface area contributed by atoms with Gasteiger partial charge in [-0.2, -0.15) is 0 Å². The van der Waals surface area contributed by atoms with Gasteiger partial charge in [-0.1, -0.05) is 6.07 Å². The largest absolute Gasteiger partial charge is 0.469 e. The summed E-state index contributed by atoms with van der Waals surface area (Å²) in [4.78, 5) is 41.0. The van der Waals surface area contributed by atoms with Crippen molar-refractivity contribution < 1.29 is 19.1 Å². The number of hydrogen-bond acceptors (Lipinski definition) is 5. The van der Waals surface area contributed by atoms with Crippen molar-refractivity contribution in [1.29, 1.82) is 0 Å². The molecule has 1 aliphatic heterocycles. The van der Waals surface area contributed by atoms with Crippen molar-refractivity contribution in [2.24, 2.45) is 5.92 Å². The van der Waals surface area contributed by atoms with Crippen LogP contribution in [0, 0.1) is 5.92 Å². The fraction of sp³-hybridized carbons (Fsp3) is 0.579. The predicted molar refractivity (Wildman–Crippen MR) is 95.9 cm³/mol. The van der Waals surface area contributed by atoms with Crippen molar-refractivity contribution in [3.63, 3.8) is 0 Å². The van der Waals surface area contributed by atoms with E-state index in [0.29, 0.717) is 32.0 Å². The fourth-order valence-corrected chi connectivity index (χ4v) is 3.07. The Morgan fingerprint density at radius 3 is 2.65 bits per heavy atom. The number of esters is 1. The fourth-order valence-electron chi connectivity index (χ4n) is 3.07. The molecule has 0 spiro atoms. The van der Waals surface area contributed by atoms with Crippen LogP contribution in [0.4, 0.5) is 0 Å². The lowest BCUT2D eigenvalue weighted by Crippen LogP contribution is -2.38. The Labute approximate surface area is 154 Å². The Morgan fingerprint density at radius 2 is 2.00 bits per heavy atom. The van der Waals surface area contributed by atoms with Crippen LogP contribution < -0.4 is 5.32 Å². The van der Waals surface area contributed by atoms with Crippen LogP contribution in [-0.2, 0) is 25.7 Å². The van der Waals surface area contributed by atoms with Crippen LogP contribution in [-0.4, -0.2) is 47.9 Å². The summed E-state index contributed by atoms with van der Waals surface area (Å²) < 4.78 is 4.56. The summed E-state index contributed by atoms with van der Waals surface area (Å²) in [6.07, 6.45) is 6.93. The molecule has 1 saturated heterocycles. The number of pyridine rings is 1. The molecule has 0 aliphatic carbocycles. The third kappa shape index (κ3) is 6.82. The lowest BCUT2D eigenvalue weighted by Gasteiger charge is -2.32. The second-order valence-electron chi connectivity index (χ2n) is 6.58. The number of carbonyl (C=O) groups excluding carboxylic acids is 3. The molecule has 0 radical (unpaired) electrons. The number of nitrogens with one attached hydrogen (secondary N) is 1. The number of amides is 2. The maximum Gasteiger partial charge on any atom is 0.306 e. The standard InChI is InChI=1S/C19H27N3O4/c1-26-19(25)7-6-18(24)22-11-8-15(9-12-22)4-5-17(23)21-14-16-3-2-10-20-13-16/h2-3,10,13,15H,4-9,11-12,14H2,1H3,(H,21,23). The first-order chi connectivity index (χ1) is 12.6. The van der Waals surface area contributed by atoms with E-state index in [0.717, 1.165) is 24.8 Å². The predicted octanol–water partition coefficient (Wildman–Crippen LogP) is 1.67. The molecule has 0 aromatic carbocycles. The lowest BCUT2D eigenvalue weighted by molar-refractivity contribution is -0.144. The number of piperidine rings is 1. The normalized spacial score (nSPS) is 14.7. The Bertz CT molecular complexity index is 598. The number of aromatic nitrogens is 1. The van der Waals surface area contributed by atoms with E-state index in [9.17, 15) is 14.4 Å². The maximum absolute atomic E-state index is 12.1. The molecule has 0 unspecified atom stereocenters. The molecule has 1 fully saturated rings. The van der Waals surface area contributed by atoms with E-state index in [1.165, 1.54) is 7.11 Å². The third-order valence-electron chi connectivity index (χ3n) is 4.73. The van der Waals surface area contributed by atoms with Crippen molar-refractivity contribution in [2.75, 3.05) is 20.2 Å². The van der Waals surface area contributed by atoms with Crippen LogP contribution >= 0.6 is 0 Å². The second-order valence-corrected chi connectivity index (χ2v) is 6.58. The van der Waals surface area contributed by atoms with E-state index in [1.807, 2.05) is 17.0 Å². The zero-order valence-corrected chi connectivity index (χ0v) is 15.3. The summed E-state index contributed by atoms with van der Waals surface area (Å²) in [5.74, 6) is 0.155. The van der Waals surface area contributed by atoms with Crippen LogP contribution in [0.15, 0.2) is 24.5 Å². The van der Waals surface area contributed by atoms with Crippen molar-refractivity contribution in [3.05, 3.63) is 30.1 Å². The van der Waals surface area contributed by atoms with Gasteiger partial charge in [-0.05, 0) is 36.8 Å². The molecule has 1 aromatic heterocycles. The number of carbonyl (C=O) groups is 3. The molecule has 1 aliphatic rings. The van der Waals surface area contributed by atoms with Crippen LogP contribution in [0.3, 0.4) is 0 Å². The van der Waals surface area contributed by atoms with Gasteiger partial charge in [-0.3, -0.25) is 19.4 Å². The summed E-state index contributed by atoms with van der Waals surface area (Å²) in [5, 5.41) is 2.91. The van der Waals surface area contributed by atoms with E-state index in [-0.39, 0.29) is 30.6 Å². The van der Waals surface area contributed by atoms with Gasteiger partial charge in [0, 0.05) is 44.9 Å². The maximum atomic E-state index is 12.1. The van der Waals surface area contributed by atoms with Gasteiger partial charge in [-0.25, -0.2) is 0 Å². The molecule has 1 N–H and O–H groups in total. The quantitative estimate of drug-likeness (QED) is 0.712.